The predicted octanol–water partition coefficient (Wildman–Crippen LogP) is -0.567. The highest BCUT2D eigenvalue weighted by Gasteiger charge is 2.13. The minimum Gasteiger partial charge on any atom is -0.383 e. The first-order chi connectivity index (χ1) is 7.72. The molecular weight excluding hydrogens is 206 g/mol. The van der Waals surface area contributed by atoms with Gasteiger partial charge >= 0.3 is 0 Å². The number of rotatable bonds is 5. The highest BCUT2D eigenvalue weighted by Crippen LogP contribution is 1.95. The average Bonchev–Trinajstić information content (AvgIpc) is 2.46. The van der Waals surface area contributed by atoms with Crippen LogP contribution in [0.5, 0.6) is 0 Å². The van der Waals surface area contributed by atoms with E-state index in [9.17, 15) is 4.79 Å². The first-order valence-corrected chi connectivity index (χ1v) is 5.93. The van der Waals surface area contributed by atoms with Crippen LogP contribution in [-0.4, -0.2) is 63.3 Å². The van der Waals surface area contributed by atoms with Crippen LogP contribution in [0, 0.1) is 0 Å². The van der Waals surface area contributed by atoms with Gasteiger partial charge in [0.15, 0.2) is 0 Å². The maximum absolute atomic E-state index is 11.7. The molecule has 1 atom stereocenters. The zero-order valence-electron chi connectivity index (χ0n) is 10.3. The van der Waals surface area contributed by atoms with E-state index in [1.165, 1.54) is 0 Å². The Morgan fingerprint density at radius 2 is 2.31 bits per heavy atom. The number of hydrogen-bond acceptors (Lipinski definition) is 4. The van der Waals surface area contributed by atoms with Crippen LogP contribution in [0.2, 0.25) is 0 Å². The first-order valence-electron chi connectivity index (χ1n) is 5.93. The van der Waals surface area contributed by atoms with Gasteiger partial charge in [0.05, 0.1) is 13.2 Å². The summed E-state index contributed by atoms with van der Waals surface area (Å²) in [5.74, 6) is 0.0893. The van der Waals surface area contributed by atoms with E-state index in [2.05, 4.69) is 15.5 Å². The SMILES string of the molecule is COCC(C)NC(=O)CN1CCCNCC1. The molecule has 1 rings (SSSR count). The van der Waals surface area contributed by atoms with Crippen LogP contribution in [0.25, 0.3) is 0 Å². The summed E-state index contributed by atoms with van der Waals surface area (Å²) in [6.07, 6.45) is 1.11. The quantitative estimate of drug-likeness (QED) is 0.663. The number of nitrogens with zero attached hydrogens (tertiary/aromatic N) is 1. The summed E-state index contributed by atoms with van der Waals surface area (Å²) in [6, 6.07) is 0.0857. The molecule has 0 saturated carbocycles. The summed E-state index contributed by atoms with van der Waals surface area (Å²) in [6.45, 7) is 6.98. The number of methoxy groups -OCH3 is 1. The topological polar surface area (TPSA) is 53.6 Å². The van der Waals surface area contributed by atoms with Crippen LogP contribution >= 0.6 is 0 Å². The van der Waals surface area contributed by atoms with Gasteiger partial charge in [-0.1, -0.05) is 0 Å². The van der Waals surface area contributed by atoms with E-state index in [0.29, 0.717) is 13.2 Å². The number of amides is 1. The zero-order chi connectivity index (χ0) is 11.8. The molecule has 0 spiro atoms. The van der Waals surface area contributed by atoms with Gasteiger partial charge in [-0.25, -0.2) is 0 Å². The van der Waals surface area contributed by atoms with Gasteiger partial charge in [0.2, 0.25) is 5.91 Å². The lowest BCUT2D eigenvalue weighted by molar-refractivity contribution is -0.123. The summed E-state index contributed by atoms with van der Waals surface area (Å²) >= 11 is 0. The van der Waals surface area contributed by atoms with Gasteiger partial charge in [-0.15, -0.1) is 0 Å². The van der Waals surface area contributed by atoms with Crippen LogP contribution in [0.1, 0.15) is 13.3 Å². The van der Waals surface area contributed by atoms with Crippen LogP contribution in [0.4, 0.5) is 0 Å². The normalized spacial score (nSPS) is 20.1. The van der Waals surface area contributed by atoms with E-state index in [-0.39, 0.29) is 11.9 Å². The average molecular weight is 229 g/mol. The van der Waals surface area contributed by atoms with Crippen molar-refractivity contribution in [3.63, 3.8) is 0 Å². The van der Waals surface area contributed by atoms with Crippen molar-refractivity contribution in [3.8, 4) is 0 Å². The molecule has 0 aromatic rings. The lowest BCUT2D eigenvalue weighted by Crippen LogP contribution is -2.43. The molecule has 1 aliphatic rings. The van der Waals surface area contributed by atoms with E-state index < -0.39 is 0 Å². The minimum absolute atomic E-state index is 0.0857. The summed E-state index contributed by atoms with van der Waals surface area (Å²) in [4.78, 5) is 13.9. The molecule has 1 heterocycles. The minimum atomic E-state index is 0.0857. The zero-order valence-corrected chi connectivity index (χ0v) is 10.3. The molecule has 0 aromatic carbocycles. The number of ether oxygens (including phenoxy) is 1. The van der Waals surface area contributed by atoms with Crippen molar-refractivity contribution >= 4 is 5.91 Å². The van der Waals surface area contributed by atoms with Gasteiger partial charge in [-0.05, 0) is 26.4 Å². The summed E-state index contributed by atoms with van der Waals surface area (Å²) in [7, 11) is 1.64. The fraction of sp³-hybridized carbons (Fsp3) is 0.909. The molecule has 1 fully saturated rings. The monoisotopic (exact) mass is 229 g/mol. The van der Waals surface area contributed by atoms with Crippen molar-refractivity contribution in [2.75, 3.05) is 46.4 Å². The molecule has 94 valence electrons. The fourth-order valence-electron chi connectivity index (χ4n) is 1.87. The Morgan fingerprint density at radius 3 is 3.06 bits per heavy atom. The van der Waals surface area contributed by atoms with Crippen LogP contribution in [0.15, 0.2) is 0 Å². The van der Waals surface area contributed by atoms with Gasteiger partial charge in [0, 0.05) is 26.2 Å². The van der Waals surface area contributed by atoms with Crippen molar-refractivity contribution in [2.24, 2.45) is 0 Å². The largest absolute Gasteiger partial charge is 0.383 e. The Hall–Kier alpha value is -0.650. The van der Waals surface area contributed by atoms with Crippen molar-refractivity contribution in [1.82, 2.24) is 15.5 Å². The van der Waals surface area contributed by atoms with Gasteiger partial charge < -0.3 is 15.4 Å². The molecule has 1 unspecified atom stereocenters. The molecule has 0 aliphatic carbocycles. The molecular formula is C11H23N3O2. The third kappa shape index (κ3) is 5.44. The van der Waals surface area contributed by atoms with E-state index in [0.717, 1.165) is 32.6 Å². The number of hydrogen-bond donors (Lipinski definition) is 2. The van der Waals surface area contributed by atoms with Crippen molar-refractivity contribution in [2.45, 2.75) is 19.4 Å². The molecule has 1 saturated heterocycles. The Labute approximate surface area is 97.5 Å². The lowest BCUT2D eigenvalue weighted by atomic mass is 10.3. The van der Waals surface area contributed by atoms with Crippen molar-refractivity contribution < 1.29 is 9.53 Å². The third-order valence-corrected chi connectivity index (χ3v) is 2.62. The molecule has 0 bridgehead atoms. The Balaban J connectivity index is 2.21. The molecule has 16 heavy (non-hydrogen) atoms. The van der Waals surface area contributed by atoms with Crippen molar-refractivity contribution in [3.05, 3.63) is 0 Å². The molecule has 0 radical (unpaired) electrons. The predicted molar refractivity (Wildman–Crippen MR) is 63.4 cm³/mol. The second-order valence-electron chi connectivity index (χ2n) is 4.30. The summed E-state index contributed by atoms with van der Waals surface area (Å²) in [5, 5.41) is 6.24. The number of nitrogens with one attached hydrogen (secondary N) is 2. The van der Waals surface area contributed by atoms with E-state index in [1.807, 2.05) is 6.92 Å². The maximum atomic E-state index is 11.7. The fourth-order valence-corrected chi connectivity index (χ4v) is 1.87. The molecule has 1 aliphatic heterocycles. The number of carbonyl (C=O) groups is 1. The van der Waals surface area contributed by atoms with E-state index >= 15 is 0 Å². The number of carbonyl (C=O) groups excluding carboxylic acids is 1. The first kappa shape index (κ1) is 13.4. The van der Waals surface area contributed by atoms with Gasteiger partial charge in [-0.3, -0.25) is 9.69 Å². The van der Waals surface area contributed by atoms with Crippen LogP contribution in [-0.2, 0) is 9.53 Å². The maximum Gasteiger partial charge on any atom is 0.234 e. The standard InChI is InChI=1S/C11H23N3O2/c1-10(9-16-2)13-11(15)8-14-6-3-4-12-5-7-14/h10,12H,3-9H2,1-2H3,(H,13,15). The van der Waals surface area contributed by atoms with Crippen LogP contribution < -0.4 is 10.6 Å². The smallest absolute Gasteiger partial charge is 0.234 e. The molecule has 5 nitrogen and oxygen atoms in total. The lowest BCUT2D eigenvalue weighted by Gasteiger charge is -2.20. The van der Waals surface area contributed by atoms with Crippen molar-refractivity contribution in [1.29, 1.82) is 0 Å². The van der Waals surface area contributed by atoms with E-state index in [1.54, 1.807) is 7.11 Å². The molecule has 2 N–H and O–H groups in total. The van der Waals surface area contributed by atoms with Gasteiger partial charge in [0.25, 0.3) is 0 Å². The molecule has 1 amide bonds. The summed E-state index contributed by atoms with van der Waals surface area (Å²) in [5.41, 5.74) is 0. The second-order valence-corrected chi connectivity index (χ2v) is 4.30. The highest BCUT2D eigenvalue weighted by atomic mass is 16.5. The Morgan fingerprint density at radius 1 is 1.50 bits per heavy atom. The van der Waals surface area contributed by atoms with Gasteiger partial charge in [0.1, 0.15) is 0 Å². The third-order valence-electron chi connectivity index (χ3n) is 2.62. The van der Waals surface area contributed by atoms with Gasteiger partial charge in [-0.2, -0.15) is 0 Å². The Kier molecular flexibility index (Phi) is 6.37. The highest BCUT2D eigenvalue weighted by molar-refractivity contribution is 5.78. The van der Waals surface area contributed by atoms with Crippen LogP contribution in [0.3, 0.4) is 0 Å². The molecule has 0 aromatic heterocycles. The van der Waals surface area contributed by atoms with E-state index in [4.69, 9.17) is 4.74 Å². The Bertz CT molecular complexity index is 203. The summed E-state index contributed by atoms with van der Waals surface area (Å²) < 4.78 is 4.98. The second kappa shape index (κ2) is 7.60. The molecule has 5 heteroatoms.